The largest absolute Gasteiger partial charge is 0.460 e. The molecule has 0 radical (unpaired) electrons. The van der Waals surface area contributed by atoms with E-state index in [1.54, 1.807) is 41.5 Å². The molecule has 0 bridgehead atoms. The van der Waals surface area contributed by atoms with Crippen LogP contribution in [0.3, 0.4) is 0 Å². The average Bonchev–Trinajstić information content (AvgIpc) is 3.12. The highest BCUT2D eigenvalue weighted by Crippen LogP contribution is 2.48. The highest BCUT2D eigenvalue weighted by Gasteiger charge is 2.39. The Morgan fingerprint density at radius 3 is 1.49 bits per heavy atom. The normalized spacial score (nSPS) is 13.6. The molecule has 3 aromatic rings. The molecule has 12 heteroatoms. The number of nitrogens with one attached hydrogen (secondary N) is 3. The van der Waals surface area contributed by atoms with Gasteiger partial charge in [-0.05, 0) is 77.0 Å². The van der Waals surface area contributed by atoms with Gasteiger partial charge in [-0.15, -0.1) is 11.8 Å². The summed E-state index contributed by atoms with van der Waals surface area (Å²) in [6.07, 6.45) is -0.0632. The Morgan fingerprint density at radius 2 is 1.07 bits per heavy atom. The molecular weight excluding hydrogens is 717 g/mol. The monoisotopic (exact) mass is 774 g/mol. The van der Waals surface area contributed by atoms with Crippen LogP contribution in [0.15, 0.2) is 91.0 Å². The fourth-order valence-electron chi connectivity index (χ4n) is 5.94. The third-order valence-electron chi connectivity index (χ3n) is 8.25. The molecule has 0 saturated carbocycles. The van der Waals surface area contributed by atoms with Crippen LogP contribution in [-0.2, 0) is 38.2 Å². The Labute approximate surface area is 330 Å². The molecule has 0 aromatic heterocycles. The van der Waals surface area contributed by atoms with Crippen LogP contribution >= 0.6 is 11.8 Å². The lowest BCUT2D eigenvalue weighted by Crippen LogP contribution is -2.57. The molecule has 0 aliphatic carbocycles. The summed E-state index contributed by atoms with van der Waals surface area (Å²) in [4.78, 5) is 67.2. The van der Waals surface area contributed by atoms with Gasteiger partial charge in [0.25, 0.3) is 0 Å². The van der Waals surface area contributed by atoms with Crippen LogP contribution in [0.2, 0.25) is 0 Å². The van der Waals surface area contributed by atoms with Gasteiger partial charge in [-0.1, -0.05) is 105 Å². The molecule has 0 heterocycles. The molecular formula is C43H58N4O7S. The van der Waals surface area contributed by atoms with E-state index < -0.39 is 63.7 Å². The Morgan fingerprint density at radius 1 is 0.636 bits per heavy atom. The number of hydrogen-bond donors (Lipinski definition) is 4. The minimum Gasteiger partial charge on any atom is -0.460 e. The standard InChI is InChI=1S/C43H58N4O7S/c1-29(2)26-34(40(52)54-42(6,7)8)47-38(50)33(24-25-37(49)53-41(3,4)5)46-39(51)35(45-36(48)27-44)28-55-43(30-18-12-9-13-19-30,31-20-14-10-15-21-31)32-22-16-11-17-23-32/h9-23,29,33-35H,24-28,44H2,1-8H3,(H,45,48)(H,46,51)(H,47,50)/t33-,34-,35-/m0/s1. The highest BCUT2D eigenvalue weighted by molar-refractivity contribution is 8.00. The van der Waals surface area contributed by atoms with Crippen LogP contribution in [0.1, 0.15) is 91.3 Å². The van der Waals surface area contributed by atoms with Gasteiger partial charge in [0.1, 0.15) is 29.3 Å². The predicted octanol–water partition coefficient (Wildman–Crippen LogP) is 5.63. The van der Waals surface area contributed by atoms with E-state index in [-0.39, 0.29) is 37.5 Å². The maximum atomic E-state index is 14.3. The van der Waals surface area contributed by atoms with Crippen molar-refractivity contribution < 1.29 is 33.4 Å². The summed E-state index contributed by atoms with van der Waals surface area (Å²) in [7, 11) is 0. The lowest BCUT2D eigenvalue weighted by molar-refractivity contribution is -0.159. The van der Waals surface area contributed by atoms with Crippen molar-refractivity contribution in [3.05, 3.63) is 108 Å². The smallest absolute Gasteiger partial charge is 0.329 e. The second-order valence-electron chi connectivity index (χ2n) is 15.8. The zero-order valence-electron chi connectivity index (χ0n) is 33.3. The van der Waals surface area contributed by atoms with Crippen LogP contribution in [0.25, 0.3) is 0 Å². The van der Waals surface area contributed by atoms with E-state index in [1.807, 2.05) is 105 Å². The fraction of sp³-hybridized carbons (Fsp3) is 0.465. The molecule has 0 aliphatic heterocycles. The predicted molar refractivity (Wildman–Crippen MR) is 217 cm³/mol. The van der Waals surface area contributed by atoms with Crippen LogP contribution < -0.4 is 21.7 Å². The minimum atomic E-state index is -1.28. The molecule has 3 rings (SSSR count). The van der Waals surface area contributed by atoms with Gasteiger partial charge in [0.05, 0.1) is 11.3 Å². The molecule has 298 valence electrons. The van der Waals surface area contributed by atoms with Crippen LogP contribution in [-0.4, -0.2) is 71.3 Å². The quantitative estimate of drug-likeness (QED) is 0.0947. The van der Waals surface area contributed by atoms with Crippen LogP contribution in [0.4, 0.5) is 0 Å². The van der Waals surface area contributed by atoms with Crippen molar-refractivity contribution in [1.29, 1.82) is 0 Å². The third kappa shape index (κ3) is 14.2. The number of rotatable bonds is 18. The lowest BCUT2D eigenvalue weighted by Gasteiger charge is -2.36. The van der Waals surface area contributed by atoms with E-state index in [2.05, 4.69) is 16.0 Å². The zero-order chi connectivity index (χ0) is 40.8. The topological polar surface area (TPSA) is 166 Å². The molecule has 0 spiro atoms. The molecule has 0 fully saturated rings. The second kappa shape index (κ2) is 20.3. The maximum Gasteiger partial charge on any atom is 0.329 e. The Kier molecular flexibility index (Phi) is 16.5. The van der Waals surface area contributed by atoms with Gasteiger partial charge in [0.2, 0.25) is 17.7 Å². The van der Waals surface area contributed by atoms with Crippen molar-refractivity contribution in [2.24, 2.45) is 11.7 Å². The SMILES string of the molecule is CC(C)C[C@H](NC(=O)[C@H](CCC(=O)OC(C)(C)C)NC(=O)[C@H](CSC(c1ccccc1)(c1ccccc1)c1ccccc1)NC(=O)CN)C(=O)OC(C)(C)C. The molecule has 5 N–H and O–H groups in total. The summed E-state index contributed by atoms with van der Waals surface area (Å²) in [5.41, 5.74) is 7.00. The summed E-state index contributed by atoms with van der Waals surface area (Å²) in [5, 5.41) is 8.30. The number of carbonyl (C=O) groups is 5. The van der Waals surface area contributed by atoms with E-state index in [9.17, 15) is 24.0 Å². The lowest BCUT2D eigenvalue weighted by atomic mass is 9.84. The first kappa shape index (κ1) is 44.7. The summed E-state index contributed by atoms with van der Waals surface area (Å²) in [6, 6.07) is 26.2. The fourth-order valence-corrected chi connectivity index (χ4v) is 7.50. The average molecular weight is 775 g/mol. The van der Waals surface area contributed by atoms with Gasteiger partial charge >= 0.3 is 11.9 Å². The van der Waals surface area contributed by atoms with E-state index in [0.29, 0.717) is 0 Å². The number of amides is 3. The molecule has 55 heavy (non-hydrogen) atoms. The Hall–Kier alpha value is -4.68. The van der Waals surface area contributed by atoms with Gasteiger partial charge in [0, 0.05) is 12.2 Å². The summed E-state index contributed by atoms with van der Waals surface area (Å²) < 4.78 is 10.3. The summed E-state index contributed by atoms with van der Waals surface area (Å²) in [5.74, 6) is -3.02. The van der Waals surface area contributed by atoms with Crippen LogP contribution in [0, 0.1) is 5.92 Å². The van der Waals surface area contributed by atoms with Crippen molar-refractivity contribution in [2.75, 3.05) is 12.3 Å². The molecule has 3 atom stereocenters. The molecule has 0 aliphatic rings. The molecule has 0 saturated heterocycles. The van der Waals surface area contributed by atoms with Crippen molar-refractivity contribution in [1.82, 2.24) is 16.0 Å². The van der Waals surface area contributed by atoms with E-state index >= 15 is 0 Å². The first-order chi connectivity index (χ1) is 25.8. The Balaban J connectivity index is 2.02. The number of nitrogens with two attached hydrogens (primary N) is 1. The third-order valence-corrected chi connectivity index (χ3v) is 9.89. The van der Waals surface area contributed by atoms with Crippen LogP contribution in [0.5, 0.6) is 0 Å². The number of benzene rings is 3. The minimum absolute atomic E-state index is 0.0135. The first-order valence-corrected chi connectivity index (χ1v) is 19.7. The first-order valence-electron chi connectivity index (χ1n) is 18.7. The second-order valence-corrected chi connectivity index (χ2v) is 17.1. The number of carbonyl (C=O) groups excluding carboxylic acids is 5. The number of thioether (sulfide) groups is 1. The number of esters is 2. The van der Waals surface area contributed by atoms with Gasteiger partial charge in [-0.3, -0.25) is 19.2 Å². The van der Waals surface area contributed by atoms with Crippen molar-refractivity contribution in [3.8, 4) is 0 Å². The van der Waals surface area contributed by atoms with Gasteiger partial charge < -0.3 is 31.2 Å². The molecule has 3 aromatic carbocycles. The van der Waals surface area contributed by atoms with Crippen molar-refractivity contribution >= 4 is 41.4 Å². The Bertz CT molecular complexity index is 1610. The molecule has 0 unspecified atom stereocenters. The van der Waals surface area contributed by atoms with E-state index in [0.717, 1.165) is 16.7 Å². The highest BCUT2D eigenvalue weighted by atomic mass is 32.2. The molecule has 3 amide bonds. The summed E-state index contributed by atoms with van der Waals surface area (Å²) in [6.45, 7) is 13.9. The zero-order valence-corrected chi connectivity index (χ0v) is 34.2. The van der Waals surface area contributed by atoms with Crippen molar-refractivity contribution in [3.63, 3.8) is 0 Å². The van der Waals surface area contributed by atoms with Crippen molar-refractivity contribution in [2.45, 2.75) is 109 Å². The van der Waals surface area contributed by atoms with Gasteiger partial charge in [-0.25, -0.2) is 4.79 Å². The molecule has 11 nitrogen and oxygen atoms in total. The number of hydrogen-bond acceptors (Lipinski definition) is 9. The van der Waals surface area contributed by atoms with Gasteiger partial charge in [0.15, 0.2) is 0 Å². The van der Waals surface area contributed by atoms with Gasteiger partial charge in [-0.2, -0.15) is 0 Å². The summed E-state index contributed by atoms with van der Waals surface area (Å²) >= 11 is 1.45. The van der Waals surface area contributed by atoms with E-state index in [1.165, 1.54) is 11.8 Å². The van der Waals surface area contributed by atoms with E-state index in [4.69, 9.17) is 15.2 Å². The maximum absolute atomic E-state index is 14.3. The number of ether oxygens (including phenoxy) is 2.